The van der Waals surface area contributed by atoms with Gasteiger partial charge in [-0.3, -0.25) is 4.79 Å². The Hall–Kier alpha value is -2.44. The Morgan fingerprint density at radius 1 is 1.21 bits per heavy atom. The number of hydrogen-bond donors (Lipinski definition) is 1. The van der Waals surface area contributed by atoms with E-state index in [0.29, 0.717) is 5.82 Å². The molecule has 0 aliphatic carbocycles. The molecule has 19 heavy (non-hydrogen) atoms. The summed E-state index contributed by atoms with van der Waals surface area (Å²) >= 11 is 0. The molecule has 1 N–H and O–H groups in total. The third-order valence-corrected chi connectivity index (χ3v) is 1.84. The lowest BCUT2D eigenvalue weighted by Gasteiger charge is -2.04. The fourth-order valence-corrected chi connectivity index (χ4v) is 1.06. The molecular weight excluding hydrogens is 244 g/mol. The lowest BCUT2D eigenvalue weighted by atomic mass is 10.3. The number of aromatic nitrogens is 1. The van der Waals surface area contributed by atoms with Gasteiger partial charge >= 0.3 is 0 Å². The first kappa shape index (κ1) is 14.6. The van der Waals surface area contributed by atoms with Crippen molar-refractivity contribution in [1.82, 2.24) is 20.2 Å². The first-order valence-electron chi connectivity index (χ1n) is 5.66. The zero-order valence-corrected chi connectivity index (χ0v) is 11.5. The molecule has 1 aromatic rings. The van der Waals surface area contributed by atoms with Crippen molar-refractivity contribution in [1.29, 1.82) is 0 Å². The maximum Gasteiger partial charge on any atom is 0.290 e. The highest BCUT2D eigenvalue weighted by Crippen LogP contribution is 2.07. The van der Waals surface area contributed by atoms with E-state index in [1.807, 2.05) is 28.2 Å². The van der Waals surface area contributed by atoms with Crippen molar-refractivity contribution in [2.75, 3.05) is 28.2 Å². The van der Waals surface area contributed by atoms with Crippen molar-refractivity contribution >= 4 is 24.4 Å². The molecule has 0 unspecified atom stereocenters. The van der Waals surface area contributed by atoms with Crippen LogP contribution in [0.2, 0.25) is 0 Å². The van der Waals surface area contributed by atoms with Crippen LogP contribution in [0, 0.1) is 0 Å². The number of nitrogens with one attached hydrogen (secondary N) is 1. The molecule has 0 bridgehead atoms. The molecule has 1 aromatic heterocycles. The molecule has 0 fully saturated rings. The van der Waals surface area contributed by atoms with Crippen LogP contribution in [0.3, 0.4) is 0 Å². The summed E-state index contributed by atoms with van der Waals surface area (Å²) in [4.78, 5) is 23.5. The average Bonchev–Trinajstić information content (AvgIpc) is 2.36. The van der Waals surface area contributed by atoms with Crippen LogP contribution in [0.5, 0.6) is 0 Å². The van der Waals surface area contributed by atoms with Gasteiger partial charge in [0.15, 0.2) is 5.82 Å². The normalized spacial score (nSPS) is 10.9. The highest BCUT2D eigenvalue weighted by molar-refractivity contribution is 5.92. The minimum absolute atomic E-state index is 0.268. The van der Waals surface area contributed by atoms with E-state index in [1.54, 1.807) is 34.3 Å². The van der Waals surface area contributed by atoms with E-state index >= 15 is 0 Å². The van der Waals surface area contributed by atoms with Crippen molar-refractivity contribution in [2.45, 2.75) is 0 Å². The van der Waals surface area contributed by atoms with Gasteiger partial charge in [0, 0.05) is 28.2 Å². The minimum atomic E-state index is -0.375. The molecule has 0 spiro atoms. The second-order valence-electron chi connectivity index (χ2n) is 4.24. The highest BCUT2D eigenvalue weighted by Gasteiger charge is 2.06. The number of hydrogen-bond acceptors (Lipinski definition) is 4. The van der Waals surface area contributed by atoms with Gasteiger partial charge < -0.3 is 9.80 Å². The smallest absolute Gasteiger partial charge is 0.290 e. The van der Waals surface area contributed by atoms with Crippen LogP contribution in [0.15, 0.2) is 28.3 Å². The van der Waals surface area contributed by atoms with Gasteiger partial charge in [-0.25, -0.2) is 15.4 Å². The summed E-state index contributed by atoms with van der Waals surface area (Å²) in [6, 6.07) is 5.05. The number of hydrazone groups is 1. The Morgan fingerprint density at radius 2 is 1.89 bits per heavy atom. The van der Waals surface area contributed by atoms with Crippen LogP contribution < -0.4 is 5.43 Å². The third kappa shape index (κ3) is 5.62. The third-order valence-electron chi connectivity index (χ3n) is 1.84. The Morgan fingerprint density at radius 3 is 2.53 bits per heavy atom. The Balaban J connectivity index is 2.73. The fraction of sp³-hybridized carbons (Fsp3) is 0.333. The fourth-order valence-electron chi connectivity index (χ4n) is 1.06. The van der Waals surface area contributed by atoms with Crippen LogP contribution in [-0.2, 0) is 0 Å². The average molecular weight is 262 g/mol. The summed E-state index contributed by atoms with van der Waals surface area (Å²) in [5.74, 6) is 0.0953. The molecule has 1 rings (SSSR count). The summed E-state index contributed by atoms with van der Waals surface area (Å²) in [6.07, 6.45) is 3.11. The molecule has 102 valence electrons. The molecule has 0 saturated carbocycles. The number of rotatable bonds is 5. The number of nitrogens with zero attached hydrogens (tertiary/aromatic N) is 5. The zero-order chi connectivity index (χ0) is 14.3. The van der Waals surface area contributed by atoms with Gasteiger partial charge in [0.05, 0.1) is 6.34 Å². The van der Waals surface area contributed by atoms with Gasteiger partial charge in [-0.05, 0) is 12.1 Å². The van der Waals surface area contributed by atoms with Gasteiger partial charge in [-0.2, -0.15) is 5.10 Å². The first-order chi connectivity index (χ1) is 8.99. The molecular formula is C12H18N6O. The topological polar surface area (TPSA) is 73.2 Å². The molecule has 7 heteroatoms. The Labute approximate surface area is 112 Å². The number of aliphatic imine (C=N–C) groups is 1. The summed E-state index contributed by atoms with van der Waals surface area (Å²) in [5.41, 5.74) is 2.65. The van der Waals surface area contributed by atoms with Crippen LogP contribution in [0.1, 0.15) is 10.5 Å². The standard InChI is InChI=1S/C12H18N6O/c1-17(2)8-13-11-7-5-6-10(15-11)12(19)16-14-9-18(3)4/h5-9H,1-4H3,(H,16,19)/b13-8-,14-9-. The predicted octanol–water partition coefficient (Wildman–Crippen LogP) is 0.538. The molecule has 1 amide bonds. The predicted molar refractivity (Wildman–Crippen MR) is 75.7 cm³/mol. The largest absolute Gasteiger partial charge is 0.369 e. The van der Waals surface area contributed by atoms with E-state index in [0.717, 1.165) is 0 Å². The number of carbonyl (C=O) groups is 1. The van der Waals surface area contributed by atoms with Gasteiger partial charge in [0.2, 0.25) is 0 Å². The number of pyridine rings is 1. The maximum absolute atomic E-state index is 11.7. The monoisotopic (exact) mass is 262 g/mol. The van der Waals surface area contributed by atoms with Crippen molar-refractivity contribution < 1.29 is 4.79 Å². The highest BCUT2D eigenvalue weighted by atomic mass is 16.2. The molecule has 0 atom stereocenters. The van der Waals surface area contributed by atoms with Crippen molar-refractivity contribution in [3.63, 3.8) is 0 Å². The van der Waals surface area contributed by atoms with Gasteiger partial charge in [0.25, 0.3) is 5.91 Å². The molecule has 0 aliphatic heterocycles. The van der Waals surface area contributed by atoms with E-state index in [9.17, 15) is 4.79 Å². The van der Waals surface area contributed by atoms with Crippen LogP contribution in [0.25, 0.3) is 0 Å². The van der Waals surface area contributed by atoms with Crippen LogP contribution >= 0.6 is 0 Å². The van der Waals surface area contributed by atoms with Crippen molar-refractivity contribution in [2.24, 2.45) is 10.1 Å². The van der Waals surface area contributed by atoms with E-state index in [-0.39, 0.29) is 11.6 Å². The molecule has 7 nitrogen and oxygen atoms in total. The van der Waals surface area contributed by atoms with Crippen LogP contribution in [0.4, 0.5) is 5.82 Å². The molecule has 1 heterocycles. The summed E-state index contributed by atoms with van der Waals surface area (Å²) in [6.45, 7) is 0. The van der Waals surface area contributed by atoms with Crippen molar-refractivity contribution in [3.05, 3.63) is 23.9 Å². The SMILES string of the molecule is CN(C)/C=N\NC(=O)c1cccc(/N=C\N(C)C)n1. The van der Waals surface area contributed by atoms with E-state index in [4.69, 9.17) is 0 Å². The Bertz CT molecular complexity index is 481. The van der Waals surface area contributed by atoms with Gasteiger partial charge in [-0.1, -0.05) is 6.07 Å². The zero-order valence-electron chi connectivity index (χ0n) is 11.5. The van der Waals surface area contributed by atoms with E-state index in [2.05, 4.69) is 20.5 Å². The maximum atomic E-state index is 11.7. The first-order valence-corrected chi connectivity index (χ1v) is 5.66. The lowest BCUT2D eigenvalue weighted by molar-refractivity contribution is 0.0950. The molecule has 0 aliphatic rings. The molecule has 0 saturated heterocycles. The molecule has 0 aromatic carbocycles. The number of carbonyl (C=O) groups excluding carboxylic acids is 1. The van der Waals surface area contributed by atoms with Crippen LogP contribution in [-0.4, -0.2) is 61.6 Å². The van der Waals surface area contributed by atoms with Gasteiger partial charge in [-0.15, -0.1) is 0 Å². The van der Waals surface area contributed by atoms with E-state index < -0.39 is 0 Å². The number of amides is 1. The molecule has 0 radical (unpaired) electrons. The summed E-state index contributed by atoms with van der Waals surface area (Å²) in [7, 11) is 7.33. The van der Waals surface area contributed by atoms with Gasteiger partial charge in [0.1, 0.15) is 12.0 Å². The van der Waals surface area contributed by atoms with E-state index in [1.165, 1.54) is 6.34 Å². The second kappa shape index (κ2) is 7.10. The Kier molecular flexibility index (Phi) is 5.46. The second-order valence-corrected chi connectivity index (χ2v) is 4.24. The minimum Gasteiger partial charge on any atom is -0.369 e. The summed E-state index contributed by atoms with van der Waals surface area (Å²) < 4.78 is 0. The quantitative estimate of drug-likeness (QED) is 0.477. The summed E-state index contributed by atoms with van der Waals surface area (Å²) in [5, 5.41) is 3.77. The van der Waals surface area contributed by atoms with Crippen molar-refractivity contribution in [3.8, 4) is 0 Å². The lowest BCUT2D eigenvalue weighted by Crippen LogP contribution is -2.21.